The normalized spacial score (nSPS) is 10.4. The Morgan fingerprint density at radius 1 is 1.15 bits per heavy atom. The molecule has 2 aromatic carbocycles. The highest BCUT2D eigenvalue weighted by molar-refractivity contribution is 9.10. The highest BCUT2D eigenvalue weighted by atomic mass is 79.9. The molecular weight excluding hydrogens is 405 g/mol. The zero-order valence-electron chi connectivity index (χ0n) is 10.7. The summed E-state index contributed by atoms with van der Waals surface area (Å²) >= 11 is 12.8. The van der Waals surface area contributed by atoms with Gasteiger partial charge < -0.3 is 4.90 Å². The SMILES string of the molecule is CN(Cc1ccccc1Br)C(=O)c1cc(Cl)ccc1Br. The summed E-state index contributed by atoms with van der Waals surface area (Å²) in [5.41, 5.74) is 1.62. The third-order valence-electron chi connectivity index (χ3n) is 2.87. The molecule has 0 radical (unpaired) electrons. The number of carbonyl (C=O) groups is 1. The van der Waals surface area contributed by atoms with E-state index in [2.05, 4.69) is 31.9 Å². The first kappa shape index (κ1) is 15.5. The molecule has 0 saturated carbocycles. The number of halogens is 3. The highest BCUT2D eigenvalue weighted by Crippen LogP contribution is 2.24. The van der Waals surface area contributed by atoms with Crippen LogP contribution >= 0.6 is 43.5 Å². The van der Waals surface area contributed by atoms with E-state index >= 15 is 0 Å². The first-order valence-electron chi connectivity index (χ1n) is 5.93. The van der Waals surface area contributed by atoms with Crippen LogP contribution in [0, 0.1) is 0 Å². The molecule has 5 heteroatoms. The van der Waals surface area contributed by atoms with E-state index in [1.165, 1.54) is 0 Å². The van der Waals surface area contributed by atoms with Crippen molar-refractivity contribution in [2.75, 3.05) is 7.05 Å². The van der Waals surface area contributed by atoms with E-state index in [0.29, 0.717) is 17.1 Å². The van der Waals surface area contributed by atoms with Crippen molar-refractivity contribution in [3.63, 3.8) is 0 Å². The number of rotatable bonds is 3. The van der Waals surface area contributed by atoms with Gasteiger partial charge in [0.25, 0.3) is 5.91 Å². The number of hydrogen-bond donors (Lipinski definition) is 0. The van der Waals surface area contributed by atoms with Crippen LogP contribution in [0.5, 0.6) is 0 Å². The third-order valence-corrected chi connectivity index (χ3v) is 4.57. The van der Waals surface area contributed by atoms with E-state index in [1.807, 2.05) is 24.3 Å². The summed E-state index contributed by atoms with van der Waals surface area (Å²) in [5.74, 6) is -0.0740. The number of benzene rings is 2. The zero-order chi connectivity index (χ0) is 14.7. The molecular formula is C15H12Br2ClNO. The number of amides is 1. The van der Waals surface area contributed by atoms with Crippen molar-refractivity contribution in [2.24, 2.45) is 0 Å². The lowest BCUT2D eigenvalue weighted by Gasteiger charge is -2.19. The van der Waals surface area contributed by atoms with Gasteiger partial charge in [0.1, 0.15) is 0 Å². The van der Waals surface area contributed by atoms with E-state index in [-0.39, 0.29) is 5.91 Å². The Morgan fingerprint density at radius 2 is 1.85 bits per heavy atom. The first-order valence-corrected chi connectivity index (χ1v) is 7.89. The van der Waals surface area contributed by atoms with Gasteiger partial charge in [-0.1, -0.05) is 45.7 Å². The minimum atomic E-state index is -0.0740. The third kappa shape index (κ3) is 3.62. The van der Waals surface area contributed by atoms with Crippen molar-refractivity contribution in [1.82, 2.24) is 4.90 Å². The summed E-state index contributed by atoms with van der Waals surface area (Å²) in [6.07, 6.45) is 0. The molecule has 0 aliphatic carbocycles. The lowest BCUT2D eigenvalue weighted by atomic mass is 10.1. The molecule has 2 rings (SSSR count). The molecule has 104 valence electrons. The maximum absolute atomic E-state index is 12.5. The largest absolute Gasteiger partial charge is 0.337 e. The van der Waals surface area contributed by atoms with E-state index in [4.69, 9.17) is 11.6 Å². The maximum Gasteiger partial charge on any atom is 0.255 e. The zero-order valence-corrected chi connectivity index (χ0v) is 14.7. The second-order valence-corrected chi connectivity index (χ2v) is 6.52. The topological polar surface area (TPSA) is 20.3 Å². The molecule has 0 heterocycles. The Balaban J connectivity index is 2.21. The summed E-state index contributed by atoms with van der Waals surface area (Å²) in [6, 6.07) is 13.0. The molecule has 0 bridgehead atoms. The average molecular weight is 418 g/mol. The van der Waals surface area contributed by atoms with Gasteiger partial charge in [-0.15, -0.1) is 0 Å². The minimum Gasteiger partial charge on any atom is -0.337 e. The van der Waals surface area contributed by atoms with Crippen LogP contribution in [0.3, 0.4) is 0 Å². The van der Waals surface area contributed by atoms with Gasteiger partial charge in [-0.2, -0.15) is 0 Å². The molecule has 1 amide bonds. The summed E-state index contributed by atoms with van der Waals surface area (Å²) < 4.78 is 1.73. The summed E-state index contributed by atoms with van der Waals surface area (Å²) in [5, 5.41) is 0.547. The molecule has 0 aromatic heterocycles. The molecule has 0 spiro atoms. The minimum absolute atomic E-state index is 0.0740. The molecule has 0 saturated heterocycles. The monoisotopic (exact) mass is 415 g/mol. The van der Waals surface area contributed by atoms with Crippen molar-refractivity contribution in [2.45, 2.75) is 6.54 Å². The molecule has 0 N–H and O–H groups in total. The van der Waals surface area contributed by atoms with Crippen molar-refractivity contribution in [3.05, 3.63) is 67.6 Å². The summed E-state index contributed by atoms with van der Waals surface area (Å²) in [4.78, 5) is 14.1. The highest BCUT2D eigenvalue weighted by Gasteiger charge is 2.16. The van der Waals surface area contributed by atoms with Crippen LogP contribution < -0.4 is 0 Å². The standard InChI is InChI=1S/C15H12Br2ClNO/c1-19(9-10-4-2-3-5-13(10)16)15(20)12-8-11(18)6-7-14(12)17/h2-8H,9H2,1H3. The molecule has 2 nitrogen and oxygen atoms in total. The van der Waals surface area contributed by atoms with Gasteiger partial charge in [0, 0.05) is 27.6 Å². The fourth-order valence-electron chi connectivity index (χ4n) is 1.82. The maximum atomic E-state index is 12.5. The Kier molecular flexibility index (Phi) is 5.24. The fourth-order valence-corrected chi connectivity index (χ4v) is 2.82. The second kappa shape index (κ2) is 6.74. The lowest BCUT2D eigenvalue weighted by molar-refractivity contribution is 0.0784. The molecule has 0 aliphatic rings. The van der Waals surface area contributed by atoms with Gasteiger partial charge in [-0.05, 0) is 45.8 Å². The molecule has 0 unspecified atom stereocenters. The summed E-state index contributed by atoms with van der Waals surface area (Å²) in [6.45, 7) is 0.527. The van der Waals surface area contributed by atoms with Crippen LogP contribution in [-0.4, -0.2) is 17.9 Å². The Labute approximate surface area is 140 Å². The van der Waals surface area contributed by atoms with Crippen LogP contribution in [0.15, 0.2) is 51.4 Å². The van der Waals surface area contributed by atoms with E-state index < -0.39 is 0 Å². The van der Waals surface area contributed by atoms with Crippen LogP contribution in [0.25, 0.3) is 0 Å². The second-order valence-electron chi connectivity index (χ2n) is 4.38. The van der Waals surface area contributed by atoms with E-state index in [0.717, 1.165) is 14.5 Å². The van der Waals surface area contributed by atoms with E-state index in [1.54, 1.807) is 30.1 Å². The van der Waals surface area contributed by atoms with E-state index in [9.17, 15) is 4.79 Å². The Bertz CT molecular complexity index is 646. The van der Waals surface area contributed by atoms with Crippen LogP contribution in [0.1, 0.15) is 15.9 Å². The van der Waals surface area contributed by atoms with Crippen LogP contribution in [-0.2, 0) is 6.54 Å². The van der Waals surface area contributed by atoms with Crippen LogP contribution in [0.4, 0.5) is 0 Å². The lowest BCUT2D eigenvalue weighted by Crippen LogP contribution is -2.26. The smallest absolute Gasteiger partial charge is 0.255 e. The number of nitrogens with zero attached hydrogens (tertiary/aromatic N) is 1. The predicted molar refractivity (Wildman–Crippen MR) is 89.1 cm³/mol. The van der Waals surface area contributed by atoms with Gasteiger partial charge in [-0.3, -0.25) is 4.79 Å². The number of carbonyl (C=O) groups excluding carboxylic acids is 1. The molecule has 20 heavy (non-hydrogen) atoms. The van der Waals surface area contributed by atoms with Crippen molar-refractivity contribution >= 4 is 49.4 Å². The Hall–Kier alpha value is -0.840. The van der Waals surface area contributed by atoms with Crippen LogP contribution in [0.2, 0.25) is 5.02 Å². The van der Waals surface area contributed by atoms with Crippen molar-refractivity contribution in [3.8, 4) is 0 Å². The van der Waals surface area contributed by atoms with Gasteiger partial charge in [0.15, 0.2) is 0 Å². The van der Waals surface area contributed by atoms with Gasteiger partial charge >= 0.3 is 0 Å². The van der Waals surface area contributed by atoms with Crippen molar-refractivity contribution in [1.29, 1.82) is 0 Å². The predicted octanol–water partition coefficient (Wildman–Crippen LogP) is 5.14. The Morgan fingerprint density at radius 3 is 2.55 bits per heavy atom. The first-order chi connectivity index (χ1) is 9.49. The van der Waals surface area contributed by atoms with Gasteiger partial charge in [-0.25, -0.2) is 0 Å². The number of hydrogen-bond acceptors (Lipinski definition) is 1. The van der Waals surface area contributed by atoms with Gasteiger partial charge in [0.05, 0.1) is 5.56 Å². The summed E-state index contributed by atoms with van der Waals surface area (Å²) in [7, 11) is 1.77. The fraction of sp³-hybridized carbons (Fsp3) is 0.133. The van der Waals surface area contributed by atoms with Gasteiger partial charge in [0.2, 0.25) is 0 Å². The average Bonchev–Trinajstić information content (AvgIpc) is 2.43. The quantitative estimate of drug-likeness (QED) is 0.677. The molecule has 0 atom stereocenters. The van der Waals surface area contributed by atoms with Crippen molar-refractivity contribution < 1.29 is 4.79 Å². The molecule has 2 aromatic rings. The molecule has 0 fully saturated rings. The molecule has 0 aliphatic heterocycles.